The van der Waals surface area contributed by atoms with Gasteiger partial charge in [-0.15, -0.1) is 0 Å². The van der Waals surface area contributed by atoms with Crippen molar-refractivity contribution in [2.45, 2.75) is 13.8 Å². The van der Waals surface area contributed by atoms with E-state index in [4.69, 9.17) is 14.5 Å². The number of allylic oxidation sites excluding steroid dienone is 1. The number of nitrogens with one attached hydrogen (secondary N) is 2. The second-order valence-corrected chi connectivity index (χ2v) is 10.2. The zero-order valence-electron chi connectivity index (χ0n) is 25.9. The zero-order valence-corrected chi connectivity index (χ0v) is 25.9. The van der Waals surface area contributed by atoms with Crippen molar-refractivity contribution in [3.63, 3.8) is 0 Å². The summed E-state index contributed by atoms with van der Waals surface area (Å²) in [6, 6.07) is 14.0. The molecule has 4 rings (SSSR count). The van der Waals surface area contributed by atoms with Gasteiger partial charge in [-0.25, -0.2) is 9.98 Å². The van der Waals surface area contributed by atoms with E-state index in [-0.39, 0.29) is 5.92 Å². The van der Waals surface area contributed by atoms with E-state index in [0.717, 1.165) is 61.0 Å². The summed E-state index contributed by atoms with van der Waals surface area (Å²) in [5.41, 5.74) is 4.71. The molecule has 3 aromatic rings. The topological polar surface area (TPSA) is 115 Å². The Kier molecular flexibility index (Phi) is 12.2. The van der Waals surface area contributed by atoms with Crippen molar-refractivity contribution in [1.29, 1.82) is 0 Å². The summed E-state index contributed by atoms with van der Waals surface area (Å²) in [7, 11) is 7.63. The summed E-state index contributed by atoms with van der Waals surface area (Å²) in [4.78, 5) is 41.3. The molecule has 0 aliphatic carbocycles. The van der Waals surface area contributed by atoms with Crippen molar-refractivity contribution >= 4 is 58.5 Å². The first-order valence-electron chi connectivity index (χ1n) is 14.1. The van der Waals surface area contributed by atoms with Crippen LogP contribution in [-0.2, 0) is 9.59 Å². The molecule has 2 aromatic carbocycles. The first kappa shape index (κ1) is 32.7. The number of aliphatic imine (C=N–C) groups is 1. The number of rotatable bonds is 11. The number of carbonyl (C=O) groups excluding carboxylic acids is 2. The summed E-state index contributed by atoms with van der Waals surface area (Å²) < 4.78 is 5.74. The maximum Gasteiger partial charge on any atom is 0.229 e. The lowest BCUT2D eigenvalue weighted by Gasteiger charge is -2.34. The van der Waals surface area contributed by atoms with Gasteiger partial charge in [-0.3, -0.25) is 9.59 Å². The number of aromatic nitrogens is 2. The third kappa shape index (κ3) is 8.86. The standard InChI is InChI=1S/C29H38N8O2.C3H4O/c1-20(2)25(19-38)33-24-18-31-29(34-28(24)36(5)23-9-7-8-21(16-23)30-3)32-22-10-11-26(27(17-22)39-6)37-14-12-35(4)13-15-37;1-2-3-4/h7-11,16-20,30H,12-15H2,1-6H3,(H,31,32,34);2-3H,1H2. The SMILES string of the molecule is C=CC=O.CNc1cccc(N(C)c2nc(Nc3ccc(N4CCN(C)CC4)c(OC)c3)ncc2N=C(C=O)C(C)C)c1. The number of methoxy groups -OCH3 is 1. The van der Waals surface area contributed by atoms with Gasteiger partial charge in [0.05, 0.1) is 24.7 Å². The summed E-state index contributed by atoms with van der Waals surface area (Å²) in [5.74, 6) is 1.74. The number of nitrogens with zero attached hydrogens (tertiary/aromatic N) is 6. The van der Waals surface area contributed by atoms with Gasteiger partial charge in [-0.2, -0.15) is 4.98 Å². The number of piperazine rings is 1. The molecule has 2 N–H and O–H groups in total. The number of hydrogen-bond donors (Lipinski definition) is 2. The van der Waals surface area contributed by atoms with Gasteiger partial charge in [-0.1, -0.05) is 26.5 Å². The Bertz CT molecular complexity index is 1410. The molecule has 11 nitrogen and oxygen atoms in total. The van der Waals surface area contributed by atoms with Crippen molar-refractivity contribution in [1.82, 2.24) is 14.9 Å². The molecule has 0 saturated carbocycles. The van der Waals surface area contributed by atoms with Gasteiger partial charge >= 0.3 is 0 Å². The molecular weight excluding hydrogens is 544 g/mol. The monoisotopic (exact) mass is 586 g/mol. The van der Waals surface area contributed by atoms with Crippen LogP contribution in [0.2, 0.25) is 0 Å². The lowest BCUT2D eigenvalue weighted by Crippen LogP contribution is -2.44. The molecule has 11 heteroatoms. The maximum atomic E-state index is 11.7. The minimum Gasteiger partial charge on any atom is -0.495 e. The molecule has 0 radical (unpaired) electrons. The van der Waals surface area contributed by atoms with Crippen LogP contribution in [0.3, 0.4) is 0 Å². The molecule has 1 aliphatic heterocycles. The van der Waals surface area contributed by atoms with Crippen molar-refractivity contribution in [2.75, 3.05) is 74.9 Å². The van der Waals surface area contributed by atoms with Gasteiger partial charge in [-0.05, 0) is 49.4 Å². The Morgan fingerprint density at radius 1 is 1.12 bits per heavy atom. The number of anilines is 6. The van der Waals surface area contributed by atoms with E-state index < -0.39 is 0 Å². The van der Waals surface area contributed by atoms with E-state index in [2.05, 4.69) is 50.1 Å². The number of likely N-dealkylation sites (N-methyl/N-ethyl adjacent to an activating group) is 1. The van der Waals surface area contributed by atoms with Crippen LogP contribution in [-0.4, -0.2) is 87.6 Å². The van der Waals surface area contributed by atoms with Crippen LogP contribution < -0.4 is 25.2 Å². The minimum atomic E-state index is -0.0302. The van der Waals surface area contributed by atoms with Gasteiger partial charge in [0, 0.05) is 63.4 Å². The molecule has 1 aromatic heterocycles. The van der Waals surface area contributed by atoms with Crippen LogP contribution in [0.15, 0.2) is 66.3 Å². The largest absolute Gasteiger partial charge is 0.495 e. The average Bonchev–Trinajstić information content (AvgIpc) is 3.04. The number of carbonyl (C=O) groups is 2. The van der Waals surface area contributed by atoms with E-state index in [0.29, 0.717) is 29.5 Å². The van der Waals surface area contributed by atoms with Gasteiger partial charge in [0.2, 0.25) is 5.95 Å². The molecule has 0 atom stereocenters. The maximum absolute atomic E-state index is 11.7. The number of hydrogen-bond acceptors (Lipinski definition) is 11. The normalized spacial score (nSPS) is 13.5. The highest BCUT2D eigenvalue weighted by molar-refractivity contribution is 6.29. The van der Waals surface area contributed by atoms with Crippen molar-refractivity contribution < 1.29 is 14.3 Å². The third-order valence-electron chi connectivity index (χ3n) is 6.93. The summed E-state index contributed by atoms with van der Waals surface area (Å²) in [6.07, 6.45) is 4.27. The Labute approximate surface area is 254 Å². The highest BCUT2D eigenvalue weighted by atomic mass is 16.5. The second kappa shape index (κ2) is 16.0. The number of aldehydes is 2. The predicted molar refractivity (Wildman–Crippen MR) is 176 cm³/mol. The number of ether oxygens (including phenoxy) is 1. The van der Waals surface area contributed by atoms with Crippen molar-refractivity contribution in [3.05, 3.63) is 61.3 Å². The van der Waals surface area contributed by atoms with E-state index in [1.807, 2.05) is 69.2 Å². The molecule has 43 heavy (non-hydrogen) atoms. The molecule has 1 saturated heterocycles. The van der Waals surface area contributed by atoms with Crippen LogP contribution in [0.25, 0.3) is 0 Å². The van der Waals surface area contributed by atoms with Crippen LogP contribution in [0.5, 0.6) is 5.75 Å². The van der Waals surface area contributed by atoms with E-state index in [1.54, 1.807) is 13.3 Å². The van der Waals surface area contributed by atoms with Crippen LogP contribution >= 0.6 is 0 Å². The van der Waals surface area contributed by atoms with Crippen molar-refractivity contribution in [3.8, 4) is 5.75 Å². The van der Waals surface area contributed by atoms with E-state index in [9.17, 15) is 4.79 Å². The van der Waals surface area contributed by atoms with Gasteiger partial charge < -0.3 is 30.1 Å². The average molecular weight is 587 g/mol. The lowest BCUT2D eigenvalue weighted by molar-refractivity contribution is -0.104. The summed E-state index contributed by atoms with van der Waals surface area (Å²) >= 11 is 0. The van der Waals surface area contributed by atoms with Crippen LogP contribution in [0.4, 0.5) is 40.2 Å². The van der Waals surface area contributed by atoms with Crippen LogP contribution in [0, 0.1) is 5.92 Å². The fourth-order valence-corrected chi connectivity index (χ4v) is 4.37. The Morgan fingerprint density at radius 2 is 1.84 bits per heavy atom. The van der Waals surface area contributed by atoms with E-state index in [1.165, 1.54) is 6.08 Å². The smallest absolute Gasteiger partial charge is 0.229 e. The molecule has 228 valence electrons. The number of benzene rings is 2. The Morgan fingerprint density at radius 3 is 2.44 bits per heavy atom. The molecule has 1 fully saturated rings. The Balaban J connectivity index is 0.00000119. The van der Waals surface area contributed by atoms with Crippen molar-refractivity contribution in [2.24, 2.45) is 10.9 Å². The summed E-state index contributed by atoms with van der Waals surface area (Å²) in [5, 5.41) is 6.48. The molecule has 0 unspecified atom stereocenters. The first-order chi connectivity index (χ1) is 20.7. The minimum absolute atomic E-state index is 0.0302. The molecule has 2 heterocycles. The van der Waals surface area contributed by atoms with E-state index >= 15 is 0 Å². The van der Waals surface area contributed by atoms with Gasteiger partial charge in [0.1, 0.15) is 17.7 Å². The summed E-state index contributed by atoms with van der Waals surface area (Å²) in [6.45, 7) is 10.9. The highest BCUT2D eigenvalue weighted by Gasteiger charge is 2.19. The molecular formula is C32H42N8O3. The van der Waals surface area contributed by atoms with Crippen LogP contribution in [0.1, 0.15) is 13.8 Å². The molecule has 1 aliphatic rings. The van der Waals surface area contributed by atoms with Gasteiger partial charge in [0.15, 0.2) is 12.1 Å². The second-order valence-electron chi connectivity index (χ2n) is 10.2. The lowest BCUT2D eigenvalue weighted by atomic mass is 10.1. The molecule has 0 amide bonds. The molecule has 0 bridgehead atoms. The zero-order chi connectivity index (χ0) is 31.4. The van der Waals surface area contributed by atoms with Gasteiger partial charge in [0.25, 0.3) is 0 Å². The molecule has 0 spiro atoms. The fourth-order valence-electron chi connectivity index (χ4n) is 4.37. The fraction of sp³-hybridized carbons (Fsp3) is 0.344. The third-order valence-corrected chi connectivity index (χ3v) is 6.93. The quantitative estimate of drug-likeness (QED) is 0.179. The highest BCUT2D eigenvalue weighted by Crippen LogP contribution is 2.35. The predicted octanol–water partition coefficient (Wildman–Crippen LogP) is 5.09. The first-order valence-corrected chi connectivity index (χ1v) is 14.1. The Hall–Kier alpha value is -4.77.